The van der Waals surface area contributed by atoms with Crippen LogP contribution in [0.2, 0.25) is 0 Å². The Bertz CT molecular complexity index is 479. The minimum atomic E-state index is 0.179. The van der Waals surface area contributed by atoms with Crippen molar-refractivity contribution in [3.05, 3.63) is 23.8 Å². The molecule has 0 bridgehead atoms. The zero-order valence-corrected chi connectivity index (χ0v) is 9.58. The van der Waals surface area contributed by atoms with Crippen LogP contribution in [0.3, 0.4) is 0 Å². The van der Waals surface area contributed by atoms with Gasteiger partial charge in [0.15, 0.2) is 5.82 Å². The third-order valence-electron chi connectivity index (χ3n) is 3.23. The molecule has 0 unspecified atom stereocenters. The number of rotatable bonds is 2. The van der Waals surface area contributed by atoms with Crippen molar-refractivity contribution in [3.63, 3.8) is 0 Å². The van der Waals surface area contributed by atoms with Crippen LogP contribution in [0.1, 0.15) is 36.4 Å². The van der Waals surface area contributed by atoms with Gasteiger partial charge in [-0.05, 0) is 29.8 Å². The van der Waals surface area contributed by atoms with E-state index in [1.807, 2.05) is 13.1 Å². The van der Waals surface area contributed by atoms with Crippen molar-refractivity contribution in [2.24, 2.45) is 7.05 Å². The van der Waals surface area contributed by atoms with Crippen molar-refractivity contribution in [2.45, 2.75) is 24.8 Å². The molecule has 3 heterocycles. The zero-order chi connectivity index (χ0) is 11.7. The topological polar surface area (TPSA) is 81.7 Å². The second-order valence-electron chi connectivity index (χ2n) is 4.30. The second kappa shape index (κ2) is 4.25. The summed E-state index contributed by atoms with van der Waals surface area (Å²) >= 11 is 0. The Hall–Kier alpha value is -1.76. The highest BCUT2D eigenvalue weighted by Crippen LogP contribution is 2.32. The Balaban J connectivity index is 1.78. The number of hydrogen-bond donors (Lipinski definition) is 1. The molecular formula is C10H14N6O. The molecule has 0 amide bonds. The summed E-state index contributed by atoms with van der Waals surface area (Å²) in [4.78, 5) is 0. The van der Waals surface area contributed by atoms with E-state index in [-0.39, 0.29) is 6.04 Å². The number of aryl methyl sites for hydroxylation is 1. The minimum Gasteiger partial charge on any atom is -0.361 e. The maximum Gasteiger partial charge on any atom is 0.167 e. The summed E-state index contributed by atoms with van der Waals surface area (Å²) < 4.78 is 6.94. The summed E-state index contributed by atoms with van der Waals surface area (Å²) in [7, 11) is 1.86. The summed E-state index contributed by atoms with van der Waals surface area (Å²) in [6.07, 6.45) is 3.68. The van der Waals surface area contributed by atoms with E-state index in [2.05, 4.69) is 26.0 Å². The molecule has 0 aromatic carbocycles. The minimum absolute atomic E-state index is 0.179. The lowest BCUT2D eigenvalue weighted by atomic mass is 9.90. The number of nitrogens with zero attached hydrogens (tertiary/aromatic N) is 5. The fourth-order valence-corrected chi connectivity index (χ4v) is 2.34. The van der Waals surface area contributed by atoms with E-state index < -0.39 is 0 Å². The van der Waals surface area contributed by atoms with Crippen molar-refractivity contribution in [3.8, 4) is 0 Å². The molecule has 3 rings (SSSR count). The van der Waals surface area contributed by atoms with E-state index in [9.17, 15) is 0 Å². The van der Waals surface area contributed by atoms with Gasteiger partial charge in [0, 0.05) is 19.0 Å². The highest BCUT2D eigenvalue weighted by molar-refractivity contribution is 5.07. The third-order valence-corrected chi connectivity index (χ3v) is 3.23. The van der Waals surface area contributed by atoms with Gasteiger partial charge < -0.3 is 9.84 Å². The highest BCUT2D eigenvalue weighted by Gasteiger charge is 2.28. The van der Waals surface area contributed by atoms with Gasteiger partial charge in [0.25, 0.3) is 0 Å². The molecular weight excluding hydrogens is 220 g/mol. The maximum atomic E-state index is 5.23. The average Bonchev–Trinajstić information content (AvgIpc) is 2.99. The molecule has 7 nitrogen and oxygen atoms in total. The van der Waals surface area contributed by atoms with Crippen LogP contribution in [-0.4, -0.2) is 31.9 Å². The molecule has 7 heteroatoms. The molecule has 1 N–H and O–H groups in total. The van der Waals surface area contributed by atoms with Crippen molar-refractivity contribution in [1.82, 2.24) is 30.7 Å². The van der Waals surface area contributed by atoms with E-state index in [1.54, 1.807) is 10.9 Å². The lowest BCUT2D eigenvalue weighted by Crippen LogP contribution is -2.32. The van der Waals surface area contributed by atoms with Gasteiger partial charge in [-0.2, -0.15) is 0 Å². The Morgan fingerprint density at radius 2 is 2.47 bits per heavy atom. The lowest BCUT2D eigenvalue weighted by Gasteiger charge is -2.27. The molecule has 1 fully saturated rings. The first-order chi connectivity index (χ1) is 8.34. The normalized spacial score (nSPS) is 25.0. The average molecular weight is 234 g/mol. The number of piperidine rings is 1. The van der Waals surface area contributed by atoms with E-state index in [4.69, 9.17) is 4.52 Å². The summed E-state index contributed by atoms with van der Waals surface area (Å²) in [5, 5.41) is 18.8. The molecule has 2 aromatic rings. The summed E-state index contributed by atoms with van der Waals surface area (Å²) in [5.74, 6) is 2.21. The quantitative estimate of drug-likeness (QED) is 0.810. The van der Waals surface area contributed by atoms with Crippen molar-refractivity contribution < 1.29 is 4.52 Å². The fraction of sp³-hybridized carbons (Fsp3) is 0.600. The van der Waals surface area contributed by atoms with Crippen LogP contribution >= 0.6 is 0 Å². The van der Waals surface area contributed by atoms with Gasteiger partial charge in [-0.1, -0.05) is 5.16 Å². The maximum absolute atomic E-state index is 5.23. The zero-order valence-electron chi connectivity index (χ0n) is 9.58. The fourth-order valence-electron chi connectivity index (χ4n) is 2.34. The molecule has 90 valence electrons. The van der Waals surface area contributed by atoms with Crippen LogP contribution in [0.15, 0.2) is 16.8 Å². The summed E-state index contributed by atoms with van der Waals surface area (Å²) in [5.41, 5.74) is 0. The van der Waals surface area contributed by atoms with Crippen LogP contribution in [-0.2, 0) is 7.05 Å². The molecule has 1 saturated heterocycles. The van der Waals surface area contributed by atoms with Gasteiger partial charge in [0.05, 0.1) is 12.2 Å². The van der Waals surface area contributed by atoms with Gasteiger partial charge in [0.2, 0.25) is 0 Å². The Morgan fingerprint density at radius 1 is 1.53 bits per heavy atom. The Morgan fingerprint density at radius 3 is 3.18 bits per heavy atom. The summed E-state index contributed by atoms with van der Waals surface area (Å²) in [6, 6.07) is 2.11. The van der Waals surface area contributed by atoms with Crippen LogP contribution in [0, 0.1) is 0 Å². The molecule has 2 atom stereocenters. The van der Waals surface area contributed by atoms with Crippen LogP contribution in [0.5, 0.6) is 0 Å². The lowest BCUT2D eigenvalue weighted by molar-refractivity contribution is 0.289. The predicted molar refractivity (Wildman–Crippen MR) is 58.0 cm³/mol. The predicted octanol–water partition coefficient (Wildman–Crippen LogP) is 0.406. The van der Waals surface area contributed by atoms with E-state index in [0.717, 1.165) is 31.0 Å². The SMILES string of the molecule is Cn1nnnc1[C@H]1C[C@@H](c2ccno2)CCN1. The molecule has 17 heavy (non-hydrogen) atoms. The molecule has 1 aliphatic heterocycles. The number of hydrogen-bond acceptors (Lipinski definition) is 6. The summed E-state index contributed by atoms with van der Waals surface area (Å²) in [6.45, 7) is 0.933. The van der Waals surface area contributed by atoms with Crippen LogP contribution < -0.4 is 5.32 Å². The van der Waals surface area contributed by atoms with Crippen molar-refractivity contribution in [2.75, 3.05) is 6.54 Å². The molecule has 1 aliphatic rings. The number of tetrazole rings is 1. The second-order valence-corrected chi connectivity index (χ2v) is 4.30. The number of nitrogens with one attached hydrogen (secondary N) is 1. The van der Waals surface area contributed by atoms with Crippen LogP contribution in [0.25, 0.3) is 0 Å². The largest absolute Gasteiger partial charge is 0.361 e. The first kappa shape index (κ1) is 10.4. The standard InChI is InChI=1S/C10H14N6O/c1-16-10(13-14-15-16)8-6-7(2-4-11-8)9-3-5-12-17-9/h3,5,7-8,11H,2,4,6H2,1H3/t7-,8+/m0/s1. The smallest absolute Gasteiger partial charge is 0.167 e. The highest BCUT2D eigenvalue weighted by atomic mass is 16.5. The molecule has 0 saturated carbocycles. The monoisotopic (exact) mass is 234 g/mol. The molecule has 0 radical (unpaired) electrons. The van der Waals surface area contributed by atoms with Gasteiger partial charge in [-0.15, -0.1) is 5.10 Å². The Labute approximate surface area is 98.2 Å². The van der Waals surface area contributed by atoms with Gasteiger partial charge in [-0.3, -0.25) is 0 Å². The first-order valence-electron chi connectivity index (χ1n) is 5.71. The van der Waals surface area contributed by atoms with Gasteiger partial charge in [0.1, 0.15) is 5.76 Å². The first-order valence-corrected chi connectivity index (χ1v) is 5.71. The molecule has 0 spiro atoms. The van der Waals surface area contributed by atoms with E-state index in [0.29, 0.717) is 5.92 Å². The van der Waals surface area contributed by atoms with Crippen molar-refractivity contribution >= 4 is 0 Å². The Kier molecular flexibility index (Phi) is 2.60. The van der Waals surface area contributed by atoms with Crippen LogP contribution in [0.4, 0.5) is 0 Å². The molecule has 0 aliphatic carbocycles. The molecule has 2 aromatic heterocycles. The number of aromatic nitrogens is 5. The van der Waals surface area contributed by atoms with E-state index in [1.165, 1.54) is 0 Å². The van der Waals surface area contributed by atoms with Gasteiger partial charge in [-0.25, -0.2) is 4.68 Å². The van der Waals surface area contributed by atoms with E-state index >= 15 is 0 Å². The van der Waals surface area contributed by atoms with Crippen molar-refractivity contribution in [1.29, 1.82) is 0 Å². The van der Waals surface area contributed by atoms with Gasteiger partial charge >= 0.3 is 0 Å². The third kappa shape index (κ3) is 1.93.